The van der Waals surface area contributed by atoms with E-state index >= 15 is 0 Å². The van der Waals surface area contributed by atoms with E-state index in [1.165, 1.54) is 37.7 Å². The minimum absolute atomic E-state index is 0.328. The number of carbonyl (C=O) groups is 1. The van der Waals surface area contributed by atoms with Crippen molar-refractivity contribution in [2.45, 2.75) is 57.9 Å². The van der Waals surface area contributed by atoms with Crippen molar-refractivity contribution in [1.82, 2.24) is 9.62 Å². The molecule has 0 bridgehead atoms. The number of rotatable bonds is 13. The summed E-state index contributed by atoms with van der Waals surface area (Å²) in [7, 11) is -3.91. The first-order valence-electron chi connectivity index (χ1n) is 9.73. The number of carboxylic acids is 1. The molecule has 0 atom stereocenters. The summed E-state index contributed by atoms with van der Waals surface area (Å²) in [5.74, 6) is -1.17. The Bertz CT molecular complexity index is 687. The quantitative estimate of drug-likeness (QED) is 0.444. The molecule has 0 unspecified atom stereocenters. The van der Waals surface area contributed by atoms with Gasteiger partial charge in [0.05, 0.1) is 6.04 Å². The molecule has 1 fully saturated rings. The maximum Gasteiger partial charge on any atom is 0.318 e. The highest BCUT2D eigenvalue weighted by Gasteiger charge is 2.35. The van der Waals surface area contributed by atoms with Gasteiger partial charge in [-0.05, 0) is 30.5 Å². The molecule has 1 aromatic carbocycles. The highest BCUT2D eigenvalue weighted by Crippen LogP contribution is 2.18. The minimum atomic E-state index is -3.91. The maximum absolute atomic E-state index is 12.6. The van der Waals surface area contributed by atoms with E-state index in [9.17, 15) is 13.2 Å². The summed E-state index contributed by atoms with van der Waals surface area (Å²) in [6, 6.07) is 7.00. The molecule has 152 valence electrons. The largest absolute Gasteiger partial charge is 0.480 e. The van der Waals surface area contributed by atoms with Crippen LogP contribution in [0.4, 0.5) is 5.69 Å². The van der Waals surface area contributed by atoms with Crippen LogP contribution in [0.15, 0.2) is 24.3 Å². The smallest absolute Gasteiger partial charge is 0.318 e. The molecule has 1 heterocycles. The lowest BCUT2D eigenvalue weighted by molar-refractivity contribution is -0.137. The van der Waals surface area contributed by atoms with Gasteiger partial charge in [-0.2, -0.15) is 12.7 Å². The van der Waals surface area contributed by atoms with Gasteiger partial charge < -0.3 is 10.4 Å². The van der Waals surface area contributed by atoms with E-state index in [1.54, 1.807) is 12.1 Å². The molecule has 1 aliphatic heterocycles. The Morgan fingerprint density at radius 2 is 1.78 bits per heavy atom. The van der Waals surface area contributed by atoms with Crippen LogP contribution in [0.3, 0.4) is 0 Å². The van der Waals surface area contributed by atoms with Crippen LogP contribution in [-0.4, -0.2) is 49.5 Å². The van der Waals surface area contributed by atoms with Gasteiger partial charge in [-0.3, -0.25) is 9.52 Å². The Morgan fingerprint density at radius 3 is 2.33 bits per heavy atom. The molecule has 0 saturated carbocycles. The van der Waals surface area contributed by atoms with Gasteiger partial charge in [0.1, 0.15) is 6.54 Å². The van der Waals surface area contributed by atoms with E-state index < -0.39 is 22.7 Å². The van der Waals surface area contributed by atoms with Gasteiger partial charge in [0.15, 0.2) is 0 Å². The fraction of sp³-hybridized carbons (Fsp3) is 0.632. The molecule has 1 aromatic rings. The number of nitrogens with one attached hydrogen (secondary N) is 2. The lowest BCUT2D eigenvalue weighted by atomic mass is 10.0. The van der Waals surface area contributed by atoms with Crippen LogP contribution in [0.25, 0.3) is 0 Å². The van der Waals surface area contributed by atoms with Gasteiger partial charge in [0.2, 0.25) is 0 Å². The number of anilines is 1. The number of aliphatic carboxylic acids is 1. The maximum atomic E-state index is 12.6. The zero-order valence-corrected chi connectivity index (χ0v) is 16.8. The minimum Gasteiger partial charge on any atom is -0.480 e. The first-order valence-corrected chi connectivity index (χ1v) is 11.2. The second-order valence-corrected chi connectivity index (χ2v) is 8.70. The summed E-state index contributed by atoms with van der Waals surface area (Å²) in [6.45, 7) is 2.59. The topological polar surface area (TPSA) is 98.7 Å². The van der Waals surface area contributed by atoms with Crippen LogP contribution in [0, 0.1) is 0 Å². The Kier molecular flexibility index (Phi) is 8.53. The molecule has 1 aliphatic rings. The van der Waals surface area contributed by atoms with Crippen LogP contribution < -0.4 is 10.0 Å². The number of unbranched alkanes of at least 4 members (excludes halogenated alkanes) is 5. The molecule has 1 saturated heterocycles. The van der Waals surface area contributed by atoms with Crippen LogP contribution in [-0.2, 0) is 21.4 Å². The van der Waals surface area contributed by atoms with Gasteiger partial charge in [0, 0.05) is 18.8 Å². The van der Waals surface area contributed by atoms with Crippen molar-refractivity contribution in [3.63, 3.8) is 0 Å². The predicted molar refractivity (Wildman–Crippen MR) is 107 cm³/mol. The summed E-state index contributed by atoms with van der Waals surface area (Å²) in [6.07, 6.45) is 8.44. The Hall–Kier alpha value is -1.64. The molecular weight excluding hydrogens is 366 g/mol. The van der Waals surface area contributed by atoms with Crippen molar-refractivity contribution in [3.05, 3.63) is 29.8 Å². The van der Waals surface area contributed by atoms with Crippen LogP contribution in [0.5, 0.6) is 0 Å². The third kappa shape index (κ3) is 7.12. The molecule has 27 heavy (non-hydrogen) atoms. The van der Waals surface area contributed by atoms with Crippen molar-refractivity contribution in [2.75, 3.05) is 24.4 Å². The lowest BCUT2D eigenvalue weighted by Crippen LogP contribution is -2.60. The molecule has 3 N–H and O–H groups in total. The van der Waals surface area contributed by atoms with E-state index in [0.29, 0.717) is 18.8 Å². The molecule has 7 nitrogen and oxygen atoms in total. The molecular formula is C19H31N3O4S. The monoisotopic (exact) mass is 397 g/mol. The summed E-state index contributed by atoms with van der Waals surface area (Å²) in [5, 5.41) is 12.0. The van der Waals surface area contributed by atoms with Crippen molar-refractivity contribution >= 4 is 21.9 Å². The Labute approximate surface area is 162 Å². The van der Waals surface area contributed by atoms with Gasteiger partial charge in [-0.25, -0.2) is 0 Å². The molecule has 0 radical (unpaired) electrons. The van der Waals surface area contributed by atoms with Crippen molar-refractivity contribution < 1.29 is 18.3 Å². The average Bonchev–Trinajstić information content (AvgIpc) is 2.57. The van der Waals surface area contributed by atoms with E-state index in [2.05, 4.69) is 17.0 Å². The third-order valence-corrected chi connectivity index (χ3v) is 6.33. The standard InChI is InChI=1S/C19H31N3O4S/c1-2-3-4-5-6-7-8-16-9-11-17(12-10-16)21-27(25,26)22(15-19(23)24)18-13-20-14-18/h9-12,18,20-21H,2-8,13-15H2,1H3,(H,23,24). The van der Waals surface area contributed by atoms with Gasteiger partial charge in [-0.1, -0.05) is 51.2 Å². The van der Waals surface area contributed by atoms with Gasteiger partial charge in [0.25, 0.3) is 0 Å². The second kappa shape index (κ2) is 10.6. The zero-order chi connectivity index (χ0) is 19.7. The number of aryl methyl sites for hydroxylation is 1. The second-order valence-electron chi connectivity index (χ2n) is 7.07. The normalized spacial score (nSPS) is 14.9. The van der Waals surface area contributed by atoms with Crippen LogP contribution in [0.1, 0.15) is 51.0 Å². The molecule has 0 aromatic heterocycles. The molecule has 0 amide bonds. The van der Waals surface area contributed by atoms with Crippen molar-refractivity contribution in [3.8, 4) is 0 Å². The van der Waals surface area contributed by atoms with Gasteiger partial charge in [-0.15, -0.1) is 0 Å². The number of nitrogens with zero attached hydrogens (tertiary/aromatic N) is 1. The zero-order valence-electron chi connectivity index (χ0n) is 16.0. The van der Waals surface area contributed by atoms with E-state index in [-0.39, 0.29) is 6.04 Å². The van der Waals surface area contributed by atoms with E-state index in [1.807, 2.05) is 12.1 Å². The SMILES string of the molecule is CCCCCCCCc1ccc(NS(=O)(=O)N(CC(=O)O)C2CNC2)cc1. The first-order chi connectivity index (χ1) is 12.9. The number of carboxylic acid groups (broad SMARTS) is 1. The molecule has 0 aliphatic carbocycles. The Balaban J connectivity index is 1.87. The highest BCUT2D eigenvalue weighted by molar-refractivity contribution is 7.90. The molecule has 0 spiro atoms. The number of benzene rings is 1. The van der Waals surface area contributed by atoms with E-state index in [4.69, 9.17) is 5.11 Å². The lowest BCUT2D eigenvalue weighted by Gasteiger charge is -2.36. The van der Waals surface area contributed by atoms with Crippen molar-refractivity contribution in [1.29, 1.82) is 0 Å². The summed E-state index contributed by atoms with van der Waals surface area (Å²) < 4.78 is 28.7. The first kappa shape index (κ1) is 21.7. The number of hydrogen-bond donors (Lipinski definition) is 3. The molecule has 8 heteroatoms. The third-order valence-electron chi connectivity index (χ3n) is 4.79. The Morgan fingerprint density at radius 1 is 1.15 bits per heavy atom. The molecule has 2 rings (SSSR count). The summed E-state index contributed by atoms with van der Waals surface area (Å²) in [4.78, 5) is 11.0. The van der Waals surface area contributed by atoms with Crippen LogP contribution >= 0.6 is 0 Å². The average molecular weight is 398 g/mol. The van der Waals surface area contributed by atoms with E-state index in [0.717, 1.165) is 17.1 Å². The highest BCUT2D eigenvalue weighted by atomic mass is 32.2. The summed E-state index contributed by atoms with van der Waals surface area (Å²) in [5.41, 5.74) is 1.63. The number of hydrogen-bond acceptors (Lipinski definition) is 4. The summed E-state index contributed by atoms with van der Waals surface area (Å²) >= 11 is 0. The van der Waals surface area contributed by atoms with Crippen LogP contribution in [0.2, 0.25) is 0 Å². The van der Waals surface area contributed by atoms with Gasteiger partial charge >= 0.3 is 16.2 Å². The predicted octanol–water partition coefficient (Wildman–Crippen LogP) is 2.60. The van der Waals surface area contributed by atoms with Crippen molar-refractivity contribution in [2.24, 2.45) is 0 Å². The fourth-order valence-electron chi connectivity index (χ4n) is 3.08. The fourth-order valence-corrected chi connectivity index (χ4v) is 4.45.